The van der Waals surface area contributed by atoms with Gasteiger partial charge in [-0.05, 0) is 6.92 Å². The molecule has 0 aliphatic rings. The van der Waals surface area contributed by atoms with Crippen LogP contribution in [-0.4, -0.2) is 52.7 Å². The molecule has 0 spiro atoms. The lowest BCUT2D eigenvalue weighted by Gasteiger charge is -2.31. The van der Waals surface area contributed by atoms with Gasteiger partial charge in [-0.2, -0.15) is 0 Å². The first-order valence-corrected chi connectivity index (χ1v) is 8.03. The van der Waals surface area contributed by atoms with E-state index in [1.54, 1.807) is 6.92 Å². The highest BCUT2D eigenvalue weighted by Gasteiger charge is 2.39. The van der Waals surface area contributed by atoms with E-state index >= 15 is 0 Å². The number of carbonyl (C=O) groups excluding carboxylic acids is 4. The van der Waals surface area contributed by atoms with Gasteiger partial charge in [0.25, 0.3) is 0 Å². The van der Waals surface area contributed by atoms with Crippen LogP contribution in [0.15, 0.2) is 12.4 Å². The van der Waals surface area contributed by atoms with Gasteiger partial charge in [-0.15, -0.1) is 0 Å². The van der Waals surface area contributed by atoms with Gasteiger partial charge in [-0.3, -0.25) is 29.1 Å². The molecule has 10 nitrogen and oxygen atoms in total. The maximum atomic E-state index is 11.6. The van der Waals surface area contributed by atoms with Crippen molar-refractivity contribution in [2.45, 2.75) is 52.9 Å². The fourth-order valence-corrected chi connectivity index (χ4v) is 2.16. The molecule has 1 rings (SSSR count). The van der Waals surface area contributed by atoms with Crippen LogP contribution < -0.4 is 0 Å². The van der Waals surface area contributed by atoms with Crippen LogP contribution in [0.3, 0.4) is 0 Å². The Morgan fingerprint density at radius 2 is 1.44 bits per heavy atom. The lowest BCUT2D eigenvalue weighted by Crippen LogP contribution is -2.43. The van der Waals surface area contributed by atoms with Crippen molar-refractivity contribution in [1.29, 1.82) is 0 Å². The monoisotopic (exact) mass is 382 g/mol. The molecule has 0 saturated carbocycles. The zero-order valence-corrected chi connectivity index (χ0v) is 15.8. The van der Waals surface area contributed by atoms with Crippen molar-refractivity contribution < 1.29 is 38.1 Å². The predicted molar refractivity (Wildman–Crippen MR) is 89.0 cm³/mol. The number of esters is 4. The van der Waals surface area contributed by atoms with Gasteiger partial charge in [-0.1, -0.05) is 0 Å². The minimum Gasteiger partial charge on any atom is -0.462 e. The Bertz CT molecular complexity index is 689. The molecule has 27 heavy (non-hydrogen) atoms. The summed E-state index contributed by atoms with van der Waals surface area (Å²) < 4.78 is 20.5. The van der Waals surface area contributed by atoms with Crippen molar-refractivity contribution in [2.75, 3.05) is 6.61 Å². The van der Waals surface area contributed by atoms with Crippen LogP contribution in [0.2, 0.25) is 0 Å². The number of ether oxygens (including phenoxy) is 4. The molecule has 0 fully saturated rings. The van der Waals surface area contributed by atoms with Gasteiger partial charge in [0, 0.05) is 33.9 Å². The topological polar surface area (TPSA) is 131 Å². The largest absolute Gasteiger partial charge is 0.462 e. The summed E-state index contributed by atoms with van der Waals surface area (Å²) in [6.45, 7) is 5.90. The Labute approximate surface area is 156 Å². The molecule has 0 saturated heterocycles. The Morgan fingerprint density at radius 3 is 1.89 bits per heavy atom. The minimum atomic E-state index is -1.31. The molecule has 1 aromatic heterocycles. The van der Waals surface area contributed by atoms with E-state index in [0.717, 1.165) is 20.8 Å². The molecule has 1 aromatic rings. The zero-order valence-electron chi connectivity index (χ0n) is 15.8. The van der Waals surface area contributed by atoms with Crippen molar-refractivity contribution in [1.82, 2.24) is 9.97 Å². The zero-order chi connectivity index (χ0) is 20.6. The summed E-state index contributed by atoms with van der Waals surface area (Å²) in [5.74, 6) is -2.75. The van der Waals surface area contributed by atoms with Crippen LogP contribution in [0, 0.1) is 6.92 Å². The highest BCUT2D eigenvalue weighted by Crippen LogP contribution is 2.26. The minimum absolute atomic E-state index is 0.169. The van der Waals surface area contributed by atoms with E-state index in [9.17, 15) is 19.2 Å². The number of aromatic nitrogens is 2. The molecule has 10 heteroatoms. The molecule has 0 bridgehead atoms. The number of carbonyl (C=O) groups is 4. The van der Waals surface area contributed by atoms with E-state index < -0.39 is 48.8 Å². The molecular formula is C17H22N2O8. The molecule has 0 N–H and O–H groups in total. The highest BCUT2D eigenvalue weighted by molar-refractivity contribution is 5.68. The van der Waals surface area contributed by atoms with Crippen LogP contribution in [0.4, 0.5) is 0 Å². The summed E-state index contributed by atoms with van der Waals surface area (Å²) in [6.07, 6.45) is -1.01. The Balaban J connectivity index is 3.33. The lowest BCUT2D eigenvalue weighted by molar-refractivity contribution is -0.190. The van der Waals surface area contributed by atoms with Crippen molar-refractivity contribution in [2.24, 2.45) is 0 Å². The Hall–Kier alpha value is -3.04. The number of hydrogen-bond donors (Lipinski definition) is 0. The predicted octanol–water partition coefficient (Wildman–Crippen LogP) is 0.816. The standard InChI is InChI=1S/C17H22N2O8/c1-9-6-19-14(7-18-9)16(26-12(4)22)17(27-13(5)23)15(25-11(3)21)8-24-10(2)20/h6-7,15-17H,8H2,1-5H3/t15-,16-,17-/m1/s1. The maximum Gasteiger partial charge on any atom is 0.303 e. The third-order valence-corrected chi connectivity index (χ3v) is 3.12. The smallest absolute Gasteiger partial charge is 0.303 e. The summed E-state index contributed by atoms with van der Waals surface area (Å²) in [5.41, 5.74) is 0.780. The quantitative estimate of drug-likeness (QED) is 0.470. The molecule has 0 aromatic carbocycles. The molecular weight excluding hydrogens is 360 g/mol. The fourth-order valence-electron chi connectivity index (χ4n) is 2.16. The molecule has 0 aliphatic heterocycles. The lowest BCUT2D eigenvalue weighted by atomic mass is 10.0. The summed E-state index contributed by atoms with van der Waals surface area (Å²) in [6, 6.07) is 0. The molecule has 3 atom stereocenters. The Kier molecular flexibility index (Phi) is 8.31. The first-order valence-electron chi connectivity index (χ1n) is 8.03. The highest BCUT2D eigenvalue weighted by atomic mass is 16.6. The van der Waals surface area contributed by atoms with Crippen LogP contribution in [0.25, 0.3) is 0 Å². The fraction of sp³-hybridized carbons (Fsp3) is 0.529. The van der Waals surface area contributed by atoms with Gasteiger partial charge < -0.3 is 18.9 Å². The maximum absolute atomic E-state index is 11.6. The van der Waals surface area contributed by atoms with Crippen molar-refractivity contribution in [3.63, 3.8) is 0 Å². The van der Waals surface area contributed by atoms with Gasteiger partial charge in [0.1, 0.15) is 12.3 Å². The summed E-state index contributed by atoms with van der Waals surface area (Å²) in [7, 11) is 0. The molecule has 0 radical (unpaired) electrons. The van der Waals surface area contributed by atoms with E-state index in [1.165, 1.54) is 19.3 Å². The Morgan fingerprint density at radius 1 is 0.852 bits per heavy atom. The molecule has 0 unspecified atom stereocenters. The summed E-state index contributed by atoms with van der Waals surface area (Å²) >= 11 is 0. The van der Waals surface area contributed by atoms with Crippen molar-refractivity contribution in [3.05, 3.63) is 23.8 Å². The van der Waals surface area contributed by atoms with Crippen LogP contribution in [0.1, 0.15) is 45.2 Å². The van der Waals surface area contributed by atoms with Gasteiger partial charge in [0.2, 0.25) is 0 Å². The van der Waals surface area contributed by atoms with E-state index in [0.29, 0.717) is 5.69 Å². The molecule has 0 amide bonds. The van der Waals surface area contributed by atoms with Gasteiger partial charge in [0.15, 0.2) is 18.3 Å². The molecule has 148 valence electrons. The second-order valence-electron chi connectivity index (χ2n) is 5.64. The molecule has 1 heterocycles. The average Bonchev–Trinajstić information content (AvgIpc) is 2.54. The third-order valence-electron chi connectivity index (χ3n) is 3.12. The first kappa shape index (κ1) is 22.0. The first-order chi connectivity index (χ1) is 12.6. The van der Waals surface area contributed by atoms with Crippen LogP contribution in [0.5, 0.6) is 0 Å². The van der Waals surface area contributed by atoms with Crippen LogP contribution in [-0.2, 0) is 38.1 Å². The number of nitrogens with zero attached hydrogens (tertiary/aromatic N) is 2. The van der Waals surface area contributed by atoms with E-state index in [-0.39, 0.29) is 5.69 Å². The average molecular weight is 382 g/mol. The van der Waals surface area contributed by atoms with Crippen molar-refractivity contribution in [3.8, 4) is 0 Å². The summed E-state index contributed by atoms with van der Waals surface area (Å²) in [5, 5.41) is 0. The normalized spacial score (nSPS) is 13.7. The second-order valence-corrected chi connectivity index (χ2v) is 5.64. The number of hydrogen-bond acceptors (Lipinski definition) is 10. The summed E-state index contributed by atoms with van der Waals surface area (Å²) in [4.78, 5) is 54.0. The number of rotatable bonds is 8. The van der Waals surface area contributed by atoms with E-state index in [4.69, 9.17) is 18.9 Å². The van der Waals surface area contributed by atoms with E-state index in [2.05, 4.69) is 9.97 Å². The third kappa shape index (κ3) is 7.80. The van der Waals surface area contributed by atoms with Gasteiger partial charge in [-0.25, -0.2) is 0 Å². The van der Waals surface area contributed by atoms with Crippen molar-refractivity contribution >= 4 is 23.9 Å². The van der Waals surface area contributed by atoms with Gasteiger partial charge in [0.05, 0.1) is 11.9 Å². The SMILES string of the molecule is CC(=O)OC[C@@H](OC(C)=O)[C@@H](OC(C)=O)[C@H](OC(C)=O)c1cnc(C)cn1. The second kappa shape index (κ2) is 10.2. The van der Waals surface area contributed by atoms with E-state index in [1.807, 2.05) is 0 Å². The molecule has 0 aliphatic carbocycles. The number of aryl methyl sites for hydroxylation is 1. The van der Waals surface area contributed by atoms with Gasteiger partial charge >= 0.3 is 23.9 Å². The van der Waals surface area contributed by atoms with Crippen LogP contribution >= 0.6 is 0 Å².